The van der Waals surface area contributed by atoms with Gasteiger partial charge in [-0.1, -0.05) is 0 Å². The highest BCUT2D eigenvalue weighted by Gasteiger charge is 2.38. The van der Waals surface area contributed by atoms with Crippen molar-refractivity contribution in [3.05, 3.63) is 70.8 Å². The SMILES string of the molecule is CC1CC(N2Cc3cc(C(F)(F)F)ncc3-c3cnc(NCc4c(F)ccc5c4CCO5)n4cnc(c34)C2=O)CC(C)O1. The minimum atomic E-state index is -4.66. The van der Waals surface area contributed by atoms with Gasteiger partial charge < -0.3 is 19.7 Å². The highest BCUT2D eigenvalue weighted by molar-refractivity contribution is 6.04. The molecule has 1 amide bonds. The lowest BCUT2D eigenvalue weighted by Gasteiger charge is -2.40. The number of ether oxygens (including phenoxy) is 2. The van der Waals surface area contributed by atoms with Crippen molar-refractivity contribution < 1.29 is 31.8 Å². The Bertz CT molecular complexity index is 1750. The molecule has 0 radical (unpaired) electrons. The minimum Gasteiger partial charge on any atom is -0.493 e. The molecule has 2 unspecified atom stereocenters. The normalized spacial score (nSPS) is 21.7. The molecule has 6 heterocycles. The summed E-state index contributed by atoms with van der Waals surface area (Å²) in [6.45, 7) is 4.35. The van der Waals surface area contributed by atoms with Crippen molar-refractivity contribution in [2.75, 3.05) is 11.9 Å². The van der Waals surface area contributed by atoms with Gasteiger partial charge in [0.15, 0.2) is 5.69 Å². The second-order valence-electron chi connectivity index (χ2n) is 11.3. The predicted octanol–water partition coefficient (Wildman–Crippen LogP) is 5.41. The lowest BCUT2D eigenvalue weighted by Crippen LogP contribution is -2.47. The van der Waals surface area contributed by atoms with Crippen LogP contribution in [0.1, 0.15) is 59.6 Å². The van der Waals surface area contributed by atoms with E-state index in [1.807, 2.05) is 13.8 Å². The Balaban J connectivity index is 1.35. The maximum atomic E-state index is 14.8. The van der Waals surface area contributed by atoms with E-state index in [0.717, 1.165) is 11.6 Å². The van der Waals surface area contributed by atoms with Crippen molar-refractivity contribution in [3.8, 4) is 16.9 Å². The number of aromatic nitrogens is 4. The lowest BCUT2D eigenvalue weighted by molar-refractivity contribution is -0.141. The number of pyridine rings is 1. The van der Waals surface area contributed by atoms with Crippen LogP contribution < -0.4 is 10.1 Å². The smallest absolute Gasteiger partial charge is 0.433 e. The molecule has 1 aromatic carbocycles. The molecular formula is C30H28F4N6O3. The fourth-order valence-corrected chi connectivity index (χ4v) is 6.51. The third kappa shape index (κ3) is 4.75. The first-order valence-corrected chi connectivity index (χ1v) is 14.1. The Labute approximate surface area is 243 Å². The van der Waals surface area contributed by atoms with Crippen molar-refractivity contribution in [3.63, 3.8) is 0 Å². The van der Waals surface area contributed by atoms with E-state index in [-0.39, 0.29) is 42.9 Å². The number of carbonyl (C=O) groups is 1. The number of nitrogens with zero attached hydrogens (tertiary/aromatic N) is 5. The van der Waals surface area contributed by atoms with Gasteiger partial charge in [-0.05, 0) is 50.5 Å². The summed E-state index contributed by atoms with van der Waals surface area (Å²) in [4.78, 5) is 28.5. The van der Waals surface area contributed by atoms with Gasteiger partial charge in [-0.2, -0.15) is 13.2 Å². The van der Waals surface area contributed by atoms with Crippen LogP contribution in [0, 0.1) is 5.82 Å². The van der Waals surface area contributed by atoms with Gasteiger partial charge in [0.05, 0.1) is 24.3 Å². The molecule has 0 aliphatic carbocycles. The summed E-state index contributed by atoms with van der Waals surface area (Å²) < 4.78 is 69.1. The monoisotopic (exact) mass is 596 g/mol. The molecule has 1 fully saturated rings. The molecule has 3 aliphatic heterocycles. The molecule has 1 N–H and O–H groups in total. The van der Waals surface area contributed by atoms with Crippen LogP contribution in [0.25, 0.3) is 16.6 Å². The van der Waals surface area contributed by atoms with Gasteiger partial charge in [0.1, 0.15) is 23.6 Å². The summed E-state index contributed by atoms with van der Waals surface area (Å²) in [6, 6.07) is 3.70. The maximum absolute atomic E-state index is 14.8. The number of nitrogens with one attached hydrogen (secondary N) is 1. The molecular weight excluding hydrogens is 568 g/mol. The fourth-order valence-electron chi connectivity index (χ4n) is 6.51. The van der Waals surface area contributed by atoms with Crippen LogP contribution in [0.4, 0.5) is 23.5 Å². The zero-order chi connectivity index (χ0) is 30.0. The maximum Gasteiger partial charge on any atom is 0.433 e. The Hall–Kier alpha value is -4.26. The second-order valence-corrected chi connectivity index (χ2v) is 11.3. The first-order chi connectivity index (χ1) is 20.6. The Kier molecular flexibility index (Phi) is 6.53. The van der Waals surface area contributed by atoms with Crippen LogP contribution in [0.3, 0.4) is 0 Å². The number of alkyl halides is 3. The molecule has 9 nitrogen and oxygen atoms in total. The standard InChI is InChI=1S/C30H28F4N6O3/c1-15-7-18(8-16(2)43-15)39-13-17-9-25(30(32,33)34)35-10-20(17)22-12-37-29(40-14-38-26(27(22)40)28(39)41)36-11-21-19-5-6-42-24(19)4-3-23(21)31/h3-4,9-10,12,14-16,18H,5-8,11,13H2,1-2H3,(H,36,37). The summed E-state index contributed by atoms with van der Waals surface area (Å²) in [5, 5.41) is 3.16. The molecule has 7 rings (SSSR count). The molecule has 224 valence electrons. The minimum absolute atomic E-state index is 0.0528. The van der Waals surface area contributed by atoms with Crippen LogP contribution in [-0.4, -0.2) is 55.0 Å². The summed E-state index contributed by atoms with van der Waals surface area (Å²) in [7, 11) is 0. The molecule has 0 spiro atoms. The number of fused-ring (bicyclic) bond motifs is 3. The second kappa shape index (κ2) is 10.2. The number of hydrogen-bond donors (Lipinski definition) is 1. The summed E-state index contributed by atoms with van der Waals surface area (Å²) in [6.07, 6.45) is 0.861. The zero-order valence-corrected chi connectivity index (χ0v) is 23.4. The third-order valence-corrected chi connectivity index (χ3v) is 8.42. The van der Waals surface area contributed by atoms with E-state index in [1.165, 1.54) is 24.8 Å². The van der Waals surface area contributed by atoms with E-state index in [9.17, 15) is 22.4 Å². The van der Waals surface area contributed by atoms with Gasteiger partial charge >= 0.3 is 6.18 Å². The van der Waals surface area contributed by atoms with Crippen LogP contribution >= 0.6 is 0 Å². The van der Waals surface area contributed by atoms with Crippen molar-refractivity contribution in [2.45, 2.75) is 70.6 Å². The van der Waals surface area contributed by atoms with E-state index in [4.69, 9.17) is 9.47 Å². The number of hydrogen-bond acceptors (Lipinski definition) is 7. The largest absolute Gasteiger partial charge is 0.493 e. The van der Waals surface area contributed by atoms with Crippen LogP contribution in [0.5, 0.6) is 5.75 Å². The molecule has 4 aromatic rings. The molecule has 1 saturated heterocycles. The summed E-state index contributed by atoms with van der Waals surface area (Å²) >= 11 is 0. The number of anilines is 1. The molecule has 3 aromatic heterocycles. The van der Waals surface area contributed by atoms with Crippen LogP contribution in [0.15, 0.2) is 36.9 Å². The molecule has 3 aliphatic rings. The number of carbonyl (C=O) groups excluding carboxylic acids is 1. The van der Waals surface area contributed by atoms with E-state index in [2.05, 4.69) is 20.3 Å². The van der Waals surface area contributed by atoms with Gasteiger partial charge in [0.25, 0.3) is 5.91 Å². The van der Waals surface area contributed by atoms with Crippen LogP contribution in [0.2, 0.25) is 0 Å². The van der Waals surface area contributed by atoms with Crippen molar-refractivity contribution in [1.82, 2.24) is 24.3 Å². The molecule has 0 saturated carbocycles. The van der Waals surface area contributed by atoms with Gasteiger partial charge in [-0.3, -0.25) is 14.2 Å². The van der Waals surface area contributed by atoms with Crippen molar-refractivity contribution >= 4 is 17.4 Å². The highest BCUT2D eigenvalue weighted by atomic mass is 19.4. The predicted molar refractivity (Wildman–Crippen MR) is 147 cm³/mol. The van der Waals surface area contributed by atoms with Gasteiger partial charge in [-0.25, -0.2) is 14.4 Å². The number of benzene rings is 1. The quantitative estimate of drug-likeness (QED) is 0.315. The van der Waals surface area contributed by atoms with E-state index >= 15 is 0 Å². The number of halogens is 4. The van der Waals surface area contributed by atoms with Crippen molar-refractivity contribution in [2.24, 2.45) is 0 Å². The number of rotatable bonds is 4. The first kappa shape index (κ1) is 27.6. The topological polar surface area (TPSA) is 93.9 Å². The fraction of sp³-hybridized carbons (Fsp3) is 0.400. The molecule has 13 heteroatoms. The summed E-state index contributed by atoms with van der Waals surface area (Å²) in [5.41, 5.74) is 1.89. The Morgan fingerprint density at radius 3 is 2.60 bits per heavy atom. The summed E-state index contributed by atoms with van der Waals surface area (Å²) in [5.74, 6) is 0.162. The van der Waals surface area contributed by atoms with Crippen molar-refractivity contribution in [1.29, 1.82) is 0 Å². The Morgan fingerprint density at radius 2 is 1.84 bits per heavy atom. The Morgan fingerprint density at radius 1 is 1.07 bits per heavy atom. The van der Waals surface area contributed by atoms with Gasteiger partial charge in [0, 0.05) is 60.2 Å². The molecule has 2 atom stereocenters. The molecule has 43 heavy (non-hydrogen) atoms. The van der Waals surface area contributed by atoms with E-state index < -0.39 is 17.8 Å². The lowest BCUT2D eigenvalue weighted by atomic mass is 9.94. The average Bonchev–Trinajstić information content (AvgIpc) is 3.61. The number of imidazole rings is 1. The average molecular weight is 597 g/mol. The van der Waals surface area contributed by atoms with E-state index in [0.29, 0.717) is 65.3 Å². The zero-order valence-electron chi connectivity index (χ0n) is 23.4. The first-order valence-electron chi connectivity index (χ1n) is 14.1. The van der Waals surface area contributed by atoms with Gasteiger partial charge in [-0.15, -0.1) is 0 Å². The molecule has 0 bridgehead atoms. The third-order valence-electron chi connectivity index (χ3n) is 8.42. The van der Waals surface area contributed by atoms with Crippen LogP contribution in [-0.2, 0) is 30.4 Å². The highest BCUT2D eigenvalue weighted by Crippen LogP contribution is 2.39. The van der Waals surface area contributed by atoms with E-state index in [1.54, 1.807) is 15.4 Å². The number of amides is 1. The van der Waals surface area contributed by atoms with Gasteiger partial charge in [0.2, 0.25) is 5.95 Å².